The minimum Gasteiger partial charge on any atom is -0.486 e. The summed E-state index contributed by atoms with van der Waals surface area (Å²) in [7, 11) is 0. The number of nitrogens with two attached hydrogens (primary N) is 1. The fourth-order valence-electron chi connectivity index (χ4n) is 13.7. The molecule has 39 nitrogen and oxygen atoms in total. The van der Waals surface area contributed by atoms with Crippen LogP contribution in [0, 0.1) is 23.3 Å². The van der Waals surface area contributed by atoms with Crippen LogP contribution in [0.1, 0.15) is 164 Å². The highest BCUT2D eigenvalue weighted by molar-refractivity contribution is 6.00. The largest absolute Gasteiger partial charge is 0.486 e. The Morgan fingerprint density at radius 2 is 0.921 bits per heavy atom. The molecule has 127 heavy (non-hydrogen) atoms. The van der Waals surface area contributed by atoms with Gasteiger partial charge in [0.2, 0.25) is 0 Å². The number of carboxylic acid groups (broad SMARTS) is 2. The Bertz CT molecular complexity index is 6160. The maximum Gasteiger partial charge on any atom is 0.407 e. The number of benzene rings is 4. The smallest absolute Gasteiger partial charge is 0.407 e. The van der Waals surface area contributed by atoms with Gasteiger partial charge in [-0.1, -0.05) is 0 Å². The third-order valence-electron chi connectivity index (χ3n) is 19.5. The minimum atomic E-state index is -1.14. The van der Waals surface area contributed by atoms with Gasteiger partial charge in [0.05, 0.1) is 75.2 Å². The van der Waals surface area contributed by atoms with Crippen molar-refractivity contribution in [2.24, 2.45) is 5.73 Å². The molecule has 17 rings (SSSR count). The number of alkyl carbamates (subject to hydrolysis) is 2. The molecule has 0 fully saturated rings. The third-order valence-corrected chi connectivity index (χ3v) is 19.5. The van der Waals surface area contributed by atoms with E-state index in [1.54, 1.807) is 104 Å². The van der Waals surface area contributed by atoms with Gasteiger partial charge < -0.3 is 105 Å². The number of carbonyl (C=O) groups is 6. The first kappa shape index (κ1) is 88.4. The van der Waals surface area contributed by atoms with E-state index in [2.05, 4.69) is 77.5 Å². The lowest BCUT2D eigenvalue weighted by molar-refractivity contribution is 0.0441. The summed E-state index contributed by atoms with van der Waals surface area (Å²) in [6.45, 7) is 21.4. The van der Waals surface area contributed by atoms with E-state index < -0.39 is 94.9 Å². The number of aromatic carboxylic acids is 2. The maximum absolute atomic E-state index is 14.4. The van der Waals surface area contributed by atoms with Crippen molar-refractivity contribution in [3.05, 3.63) is 190 Å². The van der Waals surface area contributed by atoms with Gasteiger partial charge in [0.25, 0.3) is 5.91 Å². The molecule has 8 atom stereocenters. The van der Waals surface area contributed by atoms with Crippen molar-refractivity contribution in [3.63, 3.8) is 0 Å². The van der Waals surface area contributed by atoms with Crippen LogP contribution in [-0.4, -0.2) is 199 Å². The molecule has 4 aromatic carbocycles. The molecule has 12 aromatic rings. The molecule has 668 valence electrons. The number of anilines is 4. The van der Waals surface area contributed by atoms with Crippen LogP contribution < -0.4 is 80.8 Å². The van der Waals surface area contributed by atoms with Crippen LogP contribution in [0.2, 0.25) is 0 Å². The fraction of sp³-hybridized carbons (Fsp3) is 0.357. The monoisotopic (exact) mass is 1760 g/mol. The van der Waals surface area contributed by atoms with Crippen LogP contribution in [0.15, 0.2) is 122 Å². The quantitative estimate of drug-likeness (QED) is 0.0217. The van der Waals surface area contributed by atoms with Gasteiger partial charge in [0.15, 0.2) is 80.8 Å². The summed E-state index contributed by atoms with van der Waals surface area (Å²) < 4.78 is 125. The number of hydrogen-bond acceptors (Lipinski definition) is 30. The number of fused-ring (bicyclic) bond motifs is 8. The Labute approximate surface area is 720 Å². The highest BCUT2D eigenvalue weighted by atomic mass is 19.1. The van der Waals surface area contributed by atoms with Gasteiger partial charge >= 0.3 is 30.1 Å². The van der Waals surface area contributed by atoms with Crippen LogP contribution in [0.3, 0.4) is 0 Å². The second-order valence-corrected chi connectivity index (χ2v) is 31.6. The molecule has 0 saturated carbocycles. The summed E-state index contributed by atoms with van der Waals surface area (Å²) in [6, 6.07) is 15.5. The number of esters is 1. The van der Waals surface area contributed by atoms with Crippen molar-refractivity contribution in [2.45, 2.75) is 136 Å². The summed E-state index contributed by atoms with van der Waals surface area (Å²) in [5, 5.41) is 55.6. The van der Waals surface area contributed by atoms with E-state index in [0.29, 0.717) is 96.9 Å². The van der Waals surface area contributed by atoms with Crippen molar-refractivity contribution in [1.82, 2.24) is 74.3 Å². The Morgan fingerprint density at radius 3 is 1.36 bits per heavy atom. The van der Waals surface area contributed by atoms with Crippen molar-refractivity contribution >= 4 is 81.9 Å². The summed E-state index contributed by atoms with van der Waals surface area (Å²) in [5.41, 5.74) is 8.21. The average Bonchev–Trinajstić information content (AvgIpc) is 1.73. The molecule has 0 unspecified atom stereocenters. The molecule has 8 aromatic heterocycles. The van der Waals surface area contributed by atoms with Gasteiger partial charge in [-0.3, -0.25) is 4.79 Å². The van der Waals surface area contributed by atoms with Crippen molar-refractivity contribution in [3.8, 4) is 46.0 Å². The number of carboxylic acids is 2. The molecule has 5 aliphatic rings. The highest BCUT2D eigenvalue weighted by Crippen LogP contribution is 2.45. The van der Waals surface area contributed by atoms with E-state index in [-0.39, 0.29) is 123 Å². The first-order valence-electron chi connectivity index (χ1n) is 40.1. The summed E-state index contributed by atoms with van der Waals surface area (Å²) in [6.07, 6.45) is 8.97. The number of ether oxygens (including phenoxy) is 11. The van der Waals surface area contributed by atoms with Gasteiger partial charge in [0, 0.05) is 77.9 Å². The molecule has 13 heterocycles. The molecule has 0 spiro atoms. The Kier molecular flexibility index (Phi) is 25.9. The first-order valence-corrected chi connectivity index (χ1v) is 40.1. The first-order chi connectivity index (χ1) is 60.6. The SMILES string of the molecule is CCOC(=O)c1cnn2ccc(N[C@H](C)c3cc(F)cc4c3O[C@H](CNC(=O)OC(C)(C)C)CO4)nc12.C[C@@H](Nc1ccn2ncc(C(=O)O)c2n1)c1cc(F)cc2c1O[C@H](CN)CO2.C[C@@H](Nc1ccn2ncc(C(=O)O)c2n1)c1cc(F)cc2c1O[C@H](CNC(=O)OC(C)(C)C)CO2.C[C@H]1Nc2ccn3ncc(c3n2)C(=O)NC[C@@H]2COc3cc(F)cc1c3O2. The fourth-order valence-corrected chi connectivity index (χ4v) is 13.7. The highest BCUT2D eigenvalue weighted by Gasteiger charge is 2.35. The number of rotatable bonds is 18. The van der Waals surface area contributed by atoms with Gasteiger partial charge in [-0.05, 0) is 125 Å². The van der Waals surface area contributed by atoms with E-state index in [0.717, 1.165) is 0 Å². The lowest BCUT2D eigenvalue weighted by Crippen LogP contribution is -2.42. The van der Waals surface area contributed by atoms with Crippen molar-refractivity contribution < 1.29 is 109 Å². The average molecular weight is 1760 g/mol. The predicted molar refractivity (Wildman–Crippen MR) is 445 cm³/mol. The van der Waals surface area contributed by atoms with Gasteiger partial charge in [-0.15, -0.1) is 0 Å². The molecule has 0 radical (unpaired) electrons. The number of halogens is 4. The van der Waals surface area contributed by atoms with E-state index in [9.17, 15) is 56.5 Å². The second-order valence-electron chi connectivity index (χ2n) is 31.6. The third kappa shape index (κ3) is 21.0. The molecular weight excluding hydrogens is 1670 g/mol. The van der Waals surface area contributed by atoms with Crippen LogP contribution >= 0.6 is 0 Å². The topological polar surface area (TPSA) is 475 Å². The molecule has 5 aliphatic heterocycles. The Hall–Kier alpha value is -14.9. The van der Waals surface area contributed by atoms with Crippen LogP contribution in [0.5, 0.6) is 46.0 Å². The zero-order valence-electron chi connectivity index (χ0n) is 70.3. The second kappa shape index (κ2) is 37.2. The number of nitrogens with zero attached hydrogens (tertiary/aromatic N) is 12. The van der Waals surface area contributed by atoms with Gasteiger partial charge in [-0.25, -0.2) is 79.5 Å². The standard InChI is InChI=1S/C25H30FN5O6.C23H26FN5O6.C18H18FN5O4.C18H16FN5O3/c1-6-34-23(32)18-12-28-31-8-7-20(30-22(18)31)29-14(2)17-9-15(26)10-19-21(17)36-16(13-35-19)11-27-24(33)37-25(3,4)5;1-12(27-18-5-6-29-20(28-18)16(10-26-29)21(30)31)15-7-13(24)8-17-19(15)34-14(11-33-17)9-25-22(32)35-23(2,3)4;1-9(12-4-10(19)5-14-16(12)28-11(6-20)8-27-14)22-15-2-3-24-17(23-15)13(7-21-24)18(25)26;1-9-12-4-10(19)5-14-16(12)27-11(8-26-14)6-20-18(25)13-7-21-24-3-2-15(22-9)23-17(13)24/h7-10,12,14,16H,6,11,13H2,1-5H3,(H,27,33)(H,29,30);5-8,10,12,14H,9,11H2,1-4H3,(H,25,32)(H,27,28)(H,30,31);2-5,7,9,11H,6,8,20H2,1H3,(H,22,23)(H,25,26);2-5,7,9,11H,6,8H2,1H3,(H,20,25)(H,22,23)/t14-,16-;12-,14-;2*9-,11-/m1111/s1. The zero-order chi connectivity index (χ0) is 90.4. The molecular formula is C84H90F4N20O19. The Morgan fingerprint density at radius 1 is 0.528 bits per heavy atom. The zero-order valence-corrected chi connectivity index (χ0v) is 70.3. The number of hydrogen-bond donors (Lipinski definition) is 10. The predicted octanol–water partition coefficient (Wildman–Crippen LogP) is 11.0. The molecule has 11 N–H and O–H groups in total. The summed E-state index contributed by atoms with van der Waals surface area (Å²) in [5.74, 6) is -0.390. The van der Waals surface area contributed by atoms with E-state index in [1.807, 2.05) is 20.8 Å². The van der Waals surface area contributed by atoms with Crippen molar-refractivity contribution in [2.75, 3.05) is 80.5 Å². The summed E-state index contributed by atoms with van der Waals surface area (Å²) in [4.78, 5) is 89.1. The van der Waals surface area contributed by atoms with Gasteiger partial charge in [-0.2, -0.15) is 20.4 Å². The number of amides is 3. The van der Waals surface area contributed by atoms with Crippen LogP contribution in [0.25, 0.3) is 22.6 Å². The molecule has 0 saturated heterocycles. The molecule has 0 aliphatic carbocycles. The molecule has 43 heteroatoms. The lowest BCUT2D eigenvalue weighted by Gasteiger charge is -2.30. The van der Waals surface area contributed by atoms with E-state index in [1.165, 1.54) is 91.4 Å². The normalized spacial score (nSPS) is 17.2. The number of aromatic nitrogens is 12. The summed E-state index contributed by atoms with van der Waals surface area (Å²) >= 11 is 0. The van der Waals surface area contributed by atoms with Crippen molar-refractivity contribution in [1.29, 1.82) is 0 Å². The van der Waals surface area contributed by atoms with E-state index in [4.69, 9.17) is 57.8 Å². The molecule has 4 bridgehead atoms. The number of carbonyl (C=O) groups excluding carboxylic acids is 4. The maximum atomic E-state index is 14.4. The van der Waals surface area contributed by atoms with Crippen LogP contribution in [-0.2, 0) is 14.2 Å². The van der Waals surface area contributed by atoms with E-state index >= 15 is 0 Å². The van der Waals surface area contributed by atoms with Gasteiger partial charge in [0.1, 0.15) is 119 Å². The lowest BCUT2D eigenvalue weighted by atomic mass is 10.1. The number of nitrogens with one attached hydrogen (secondary N) is 7. The Balaban J connectivity index is 0.000000138. The van der Waals surface area contributed by atoms with Crippen LogP contribution in [0.4, 0.5) is 50.4 Å². The molecule has 3 amide bonds. The minimum absolute atomic E-state index is 0.0121.